The topological polar surface area (TPSA) is 12.4 Å². The van der Waals surface area contributed by atoms with E-state index in [0.717, 1.165) is 0 Å². The van der Waals surface area contributed by atoms with Crippen molar-refractivity contribution in [1.29, 1.82) is 0 Å². The van der Waals surface area contributed by atoms with Crippen molar-refractivity contribution in [3.05, 3.63) is 0 Å². The summed E-state index contributed by atoms with van der Waals surface area (Å²) in [5, 5.41) is -2.81. The molecule has 0 saturated carbocycles. The lowest BCUT2D eigenvalue weighted by Gasteiger charge is -1.99. The maximum Gasteiger partial charge on any atom is 0.230 e. The van der Waals surface area contributed by atoms with E-state index >= 15 is 0 Å². The van der Waals surface area contributed by atoms with Crippen molar-refractivity contribution in [2.75, 3.05) is 0 Å². The monoisotopic (exact) mass is 283 g/mol. The molecule has 0 saturated heterocycles. The van der Waals surface area contributed by atoms with E-state index in [1.807, 2.05) is 0 Å². The van der Waals surface area contributed by atoms with Gasteiger partial charge in [-0.3, -0.25) is 0 Å². The summed E-state index contributed by atoms with van der Waals surface area (Å²) in [4.78, 5) is -2.73. The second-order valence-corrected chi connectivity index (χ2v) is 15.6. The summed E-state index contributed by atoms with van der Waals surface area (Å²) in [7, 11) is 0. The van der Waals surface area contributed by atoms with Gasteiger partial charge in [0.05, 0.1) is 0 Å². The predicted octanol–water partition coefficient (Wildman–Crippen LogP) is 5.35. The van der Waals surface area contributed by atoms with E-state index in [1.54, 1.807) is 0 Å². The molecule has 56 valence electrons. The van der Waals surface area contributed by atoms with Gasteiger partial charge in [-0.1, -0.05) is 0 Å². The molecule has 0 bridgehead atoms. The summed E-state index contributed by atoms with van der Waals surface area (Å²) in [6.45, 7) is 0. The van der Waals surface area contributed by atoms with E-state index in [9.17, 15) is 0 Å². The number of rotatable bonds is 1. The lowest BCUT2D eigenvalue weighted by molar-refractivity contribution is 2.07. The van der Waals surface area contributed by atoms with E-state index in [-0.39, 0.29) is 0 Å². The summed E-state index contributed by atoms with van der Waals surface area (Å²) in [5.74, 6) is 0. The van der Waals surface area contributed by atoms with Gasteiger partial charge < -0.3 is 0 Å². The quantitative estimate of drug-likeness (QED) is 0.591. The van der Waals surface area contributed by atoms with Gasteiger partial charge in [0.1, 0.15) is 0 Å². The first-order valence-corrected chi connectivity index (χ1v) is 10.4. The molecule has 0 aromatic carbocycles. The Balaban J connectivity index is 4.53. The Morgan fingerprint density at radius 2 is 1.33 bits per heavy atom. The fraction of sp³-hybridized carbons (Fsp3) is 0. The van der Waals surface area contributed by atoms with Crippen molar-refractivity contribution in [2.45, 2.75) is 0 Å². The van der Waals surface area contributed by atoms with Gasteiger partial charge in [0, 0.05) is 0 Å². The first kappa shape index (κ1) is 11.3. The molecular formula is Cl5NP2S. The molecule has 0 heterocycles. The van der Waals surface area contributed by atoms with Gasteiger partial charge >= 0.3 is 0 Å². The third-order valence-electron chi connectivity index (χ3n) is 0.206. The first-order valence-electron chi connectivity index (χ1n) is 1.43. The van der Waals surface area contributed by atoms with Gasteiger partial charge in [-0.2, -0.15) is 4.52 Å². The Labute approximate surface area is 82.0 Å². The second kappa shape index (κ2) is 3.83. The minimum atomic E-state index is -2.81. The van der Waals surface area contributed by atoms with Crippen molar-refractivity contribution < 1.29 is 0 Å². The molecule has 0 spiro atoms. The van der Waals surface area contributed by atoms with Crippen LogP contribution in [0.5, 0.6) is 0 Å². The van der Waals surface area contributed by atoms with Crippen LogP contribution < -0.4 is 0 Å². The molecule has 0 atom stereocenters. The summed E-state index contributed by atoms with van der Waals surface area (Å²) in [6.07, 6.45) is 0. The zero-order chi connectivity index (χ0) is 7.71. The molecule has 0 aliphatic carbocycles. The molecule has 0 aromatic rings. The highest BCUT2D eigenvalue weighted by Gasteiger charge is 2.13. The van der Waals surface area contributed by atoms with E-state index in [4.69, 9.17) is 56.2 Å². The van der Waals surface area contributed by atoms with Crippen molar-refractivity contribution >= 4 is 78.0 Å². The SMILES string of the molecule is S=P(Cl)(Cl)N=P(Cl)(Cl)Cl. The average Bonchev–Trinajstić information content (AvgIpc) is 1.14. The molecule has 0 aromatic heterocycles. The van der Waals surface area contributed by atoms with Crippen LogP contribution >= 0.6 is 66.2 Å². The fourth-order valence-electron chi connectivity index (χ4n) is 0.118. The number of halogens is 5. The predicted molar refractivity (Wildman–Crippen MR) is 52.9 cm³/mol. The Morgan fingerprint density at radius 3 is 1.33 bits per heavy atom. The maximum atomic E-state index is 5.32. The molecule has 0 rings (SSSR count). The first-order chi connectivity index (χ1) is 3.71. The molecule has 0 aliphatic heterocycles. The molecule has 0 unspecified atom stereocenters. The van der Waals surface area contributed by atoms with Crippen LogP contribution in [0.1, 0.15) is 0 Å². The minimum Gasteiger partial charge on any atom is -0.198 e. The zero-order valence-corrected chi connectivity index (χ0v) is 10.0. The van der Waals surface area contributed by atoms with Crippen LogP contribution in [0.2, 0.25) is 0 Å². The van der Waals surface area contributed by atoms with E-state index in [2.05, 4.69) is 16.3 Å². The van der Waals surface area contributed by atoms with Crippen molar-refractivity contribution in [1.82, 2.24) is 0 Å². The van der Waals surface area contributed by atoms with Crippen LogP contribution in [-0.4, -0.2) is 0 Å². The highest BCUT2D eigenvalue weighted by molar-refractivity contribution is 8.41. The minimum absolute atomic E-state index is 2.73. The summed E-state index contributed by atoms with van der Waals surface area (Å²) >= 11 is 31.0. The van der Waals surface area contributed by atoms with Crippen molar-refractivity contribution in [2.24, 2.45) is 4.52 Å². The number of hydrogen-bond acceptors (Lipinski definition) is 1. The summed E-state index contributed by atoms with van der Waals surface area (Å²) in [6, 6.07) is 0. The van der Waals surface area contributed by atoms with Gasteiger partial charge in [-0.25, -0.2) is 0 Å². The third-order valence-corrected chi connectivity index (χ3v) is 5.55. The van der Waals surface area contributed by atoms with Gasteiger partial charge in [-0.05, 0) is 68.0 Å². The van der Waals surface area contributed by atoms with Gasteiger partial charge in [0.2, 0.25) is 10.0 Å². The van der Waals surface area contributed by atoms with Gasteiger partial charge in [0.15, 0.2) is 0 Å². The molecule has 1 nitrogen and oxygen atoms in total. The van der Waals surface area contributed by atoms with Crippen LogP contribution in [0.4, 0.5) is 0 Å². The zero-order valence-electron chi connectivity index (χ0n) is 3.64. The van der Waals surface area contributed by atoms with Crippen LogP contribution in [0.25, 0.3) is 0 Å². The number of hydrogen-bond donors (Lipinski definition) is 0. The van der Waals surface area contributed by atoms with Crippen molar-refractivity contribution in [3.63, 3.8) is 0 Å². The third kappa shape index (κ3) is 10.3. The second-order valence-electron chi connectivity index (χ2n) is 0.943. The largest absolute Gasteiger partial charge is 0.230 e. The Bertz CT molecular complexity index is 177. The molecule has 0 amide bonds. The van der Waals surface area contributed by atoms with Crippen LogP contribution in [0.15, 0.2) is 4.52 Å². The van der Waals surface area contributed by atoms with E-state index < -0.39 is 10.0 Å². The molecule has 9 heavy (non-hydrogen) atoms. The van der Waals surface area contributed by atoms with Crippen LogP contribution in [-0.2, 0) is 11.8 Å². The van der Waals surface area contributed by atoms with E-state index in [0.29, 0.717) is 0 Å². The Morgan fingerprint density at radius 1 is 1.00 bits per heavy atom. The number of nitrogens with zero attached hydrogens (tertiary/aromatic N) is 1. The standard InChI is InChI=1S/Cl5NP2S/c1-7(2,3)6-8(4,5)9. The molecular weight excluding hydrogens is 285 g/mol. The molecule has 0 aliphatic rings. The van der Waals surface area contributed by atoms with Gasteiger partial charge in [-0.15, -0.1) is 0 Å². The van der Waals surface area contributed by atoms with Crippen molar-refractivity contribution in [3.8, 4) is 0 Å². The maximum absolute atomic E-state index is 5.32. The molecule has 0 fully saturated rings. The summed E-state index contributed by atoms with van der Waals surface area (Å²) < 4.78 is 3.41. The molecule has 0 N–H and O–H groups in total. The highest BCUT2D eigenvalue weighted by atomic mass is 36.0. The molecule has 0 radical (unpaired) electrons. The average molecular weight is 285 g/mol. The highest BCUT2D eigenvalue weighted by Crippen LogP contribution is 2.75. The Kier molecular flexibility index (Phi) is 4.82. The normalized spacial score (nSPS) is 13.4. The summed E-state index contributed by atoms with van der Waals surface area (Å²) in [5.41, 5.74) is 0. The van der Waals surface area contributed by atoms with Crippen LogP contribution in [0.3, 0.4) is 0 Å². The van der Waals surface area contributed by atoms with Crippen LogP contribution in [0, 0.1) is 0 Å². The van der Waals surface area contributed by atoms with Gasteiger partial charge in [0.25, 0.3) is 0 Å². The smallest absolute Gasteiger partial charge is 0.198 e. The lowest BCUT2D eigenvalue weighted by Crippen LogP contribution is -1.42. The Hall–Kier alpha value is 2.33. The molecule has 9 heteroatoms. The van der Waals surface area contributed by atoms with E-state index in [1.165, 1.54) is 0 Å². The lowest BCUT2D eigenvalue weighted by atomic mass is 13.9. The fourth-order valence-corrected chi connectivity index (χ4v) is 9.56.